The van der Waals surface area contributed by atoms with Gasteiger partial charge in [-0.2, -0.15) is 5.10 Å². The zero-order chi connectivity index (χ0) is 17.0. The van der Waals surface area contributed by atoms with Crippen LogP contribution in [0.2, 0.25) is 0 Å². The number of aromatic nitrogens is 2. The van der Waals surface area contributed by atoms with Crippen molar-refractivity contribution in [1.82, 2.24) is 15.1 Å². The van der Waals surface area contributed by atoms with E-state index in [0.717, 1.165) is 21.8 Å². The molecule has 23 heavy (non-hydrogen) atoms. The van der Waals surface area contributed by atoms with E-state index in [1.54, 1.807) is 6.26 Å². The molecule has 1 aromatic carbocycles. The van der Waals surface area contributed by atoms with Crippen molar-refractivity contribution in [3.8, 4) is 0 Å². The van der Waals surface area contributed by atoms with Crippen LogP contribution < -0.4 is 5.32 Å². The van der Waals surface area contributed by atoms with Crippen molar-refractivity contribution in [2.24, 2.45) is 0 Å². The van der Waals surface area contributed by atoms with Gasteiger partial charge >= 0.3 is 0 Å². The summed E-state index contributed by atoms with van der Waals surface area (Å²) in [6.45, 7) is 6.45. The second-order valence-electron chi connectivity index (χ2n) is 5.71. The van der Waals surface area contributed by atoms with Gasteiger partial charge in [-0.3, -0.25) is 13.7 Å². The molecule has 5 nitrogen and oxygen atoms in total. The SMILES string of the molecule is Cc1cc(C)n(CCC(=O)N[C@@H](C)c2ccc([S@@](C)=O)cc2)n1. The lowest BCUT2D eigenvalue weighted by Gasteiger charge is -2.15. The lowest BCUT2D eigenvalue weighted by Crippen LogP contribution is -2.27. The first-order valence-electron chi connectivity index (χ1n) is 7.60. The van der Waals surface area contributed by atoms with Crippen LogP contribution in [-0.2, 0) is 22.1 Å². The van der Waals surface area contributed by atoms with Gasteiger partial charge < -0.3 is 5.32 Å². The van der Waals surface area contributed by atoms with Crippen LogP contribution in [0.15, 0.2) is 35.2 Å². The van der Waals surface area contributed by atoms with Crippen molar-refractivity contribution in [3.05, 3.63) is 47.3 Å². The molecule has 0 unspecified atom stereocenters. The molecule has 0 aliphatic heterocycles. The Balaban J connectivity index is 1.89. The fourth-order valence-electron chi connectivity index (χ4n) is 2.45. The molecule has 0 spiro atoms. The summed E-state index contributed by atoms with van der Waals surface area (Å²) in [4.78, 5) is 12.9. The largest absolute Gasteiger partial charge is 0.350 e. The monoisotopic (exact) mass is 333 g/mol. The minimum Gasteiger partial charge on any atom is -0.350 e. The summed E-state index contributed by atoms with van der Waals surface area (Å²) < 4.78 is 13.2. The first-order chi connectivity index (χ1) is 10.9. The number of nitrogens with one attached hydrogen (secondary N) is 1. The van der Waals surface area contributed by atoms with Crippen molar-refractivity contribution in [3.63, 3.8) is 0 Å². The van der Waals surface area contributed by atoms with Gasteiger partial charge in [0, 0.05) is 40.6 Å². The molecule has 0 bridgehead atoms. The Morgan fingerprint density at radius 2 is 1.96 bits per heavy atom. The third-order valence-electron chi connectivity index (χ3n) is 3.74. The summed E-state index contributed by atoms with van der Waals surface area (Å²) >= 11 is 0. The average Bonchev–Trinajstić information content (AvgIpc) is 2.83. The quantitative estimate of drug-likeness (QED) is 0.883. The lowest BCUT2D eigenvalue weighted by molar-refractivity contribution is -0.122. The van der Waals surface area contributed by atoms with Crippen LogP contribution in [0.1, 0.15) is 36.3 Å². The first kappa shape index (κ1) is 17.4. The molecule has 0 aliphatic carbocycles. The summed E-state index contributed by atoms with van der Waals surface area (Å²) in [7, 11) is -0.983. The van der Waals surface area contributed by atoms with Gasteiger partial charge in [-0.25, -0.2) is 0 Å². The molecule has 0 aliphatic rings. The predicted molar refractivity (Wildman–Crippen MR) is 91.7 cm³/mol. The van der Waals surface area contributed by atoms with E-state index in [4.69, 9.17) is 0 Å². The third kappa shape index (κ3) is 4.76. The molecular weight excluding hydrogens is 310 g/mol. The number of nitrogens with zero attached hydrogens (tertiary/aromatic N) is 2. The molecule has 2 aromatic rings. The fraction of sp³-hybridized carbons (Fsp3) is 0.412. The van der Waals surface area contributed by atoms with E-state index in [1.165, 1.54) is 0 Å². The molecule has 0 fully saturated rings. The smallest absolute Gasteiger partial charge is 0.222 e. The fourth-order valence-corrected chi connectivity index (χ4v) is 2.97. The van der Waals surface area contributed by atoms with Gasteiger partial charge in [-0.1, -0.05) is 12.1 Å². The summed E-state index contributed by atoms with van der Waals surface area (Å²) in [5.74, 6) is -0.00630. The number of benzene rings is 1. The highest BCUT2D eigenvalue weighted by Gasteiger charge is 2.11. The second-order valence-corrected chi connectivity index (χ2v) is 7.09. The number of amides is 1. The van der Waals surface area contributed by atoms with E-state index in [2.05, 4.69) is 10.4 Å². The molecule has 1 heterocycles. The van der Waals surface area contributed by atoms with E-state index in [0.29, 0.717) is 13.0 Å². The zero-order valence-corrected chi connectivity index (χ0v) is 14.8. The van der Waals surface area contributed by atoms with E-state index >= 15 is 0 Å². The molecule has 1 N–H and O–H groups in total. The van der Waals surface area contributed by atoms with Gasteiger partial charge in [-0.15, -0.1) is 0 Å². The van der Waals surface area contributed by atoms with Gasteiger partial charge in [0.25, 0.3) is 0 Å². The minimum atomic E-state index is -0.983. The van der Waals surface area contributed by atoms with Gasteiger partial charge in [-0.05, 0) is 44.5 Å². The van der Waals surface area contributed by atoms with Crippen LogP contribution >= 0.6 is 0 Å². The number of hydrogen-bond acceptors (Lipinski definition) is 3. The van der Waals surface area contributed by atoms with Crippen LogP contribution in [0.4, 0.5) is 0 Å². The minimum absolute atomic E-state index is 0.00630. The second kappa shape index (κ2) is 7.55. The molecule has 0 radical (unpaired) electrons. The van der Waals surface area contributed by atoms with E-state index in [-0.39, 0.29) is 11.9 Å². The molecule has 0 saturated heterocycles. The van der Waals surface area contributed by atoms with Crippen LogP contribution in [0.5, 0.6) is 0 Å². The maximum Gasteiger partial charge on any atom is 0.222 e. The topological polar surface area (TPSA) is 64.0 Å². The lowest BCUT2D eigenvalue weighted by atomic mass is 10.1. The highest BCUT2D eigenvalue weighted by molar-refractivity contribution is 7.84. The Labute approximate surface area is 139 Å². The molecule has 2 atom stereocenters. The van der Waals surface area contributed by atoms with Gasteiger partial charge in [0.2, 0.25) is 5.91 Å². The molecule has 6 heteroatoms. The van der Waals surface area contributed by atoms with Gasteiger partial charge in [0.15, 0.2) is 0 Å². The Kier molecular flexibility index (Phi) is 5.71. The Bertz CT molecular complexity index is 707. The van der Waals surface area contributed by atoms with E-state index in [9.17, 15) is 9.00 Å². The number of carbonyl (C=O) groups is 1. The zero-order valence-electron chi connectivity index (χ0n) is 14.0. The summed E-state index contributed by atoms with van der Waals surface area (Å²) in [6.07, 6.45) is 2.04. The van der Waals surface area contributed by atoms with Crippen LogP contribution in [0.25, 0.3) is 0 Å². The number of hydrogen-bond donors (Lipinski definition) is 1. The maximum atomic E-state index is 12.1. The van der Waals surface area contributed by atoms with Crippen LogP contribution in [0, 0.1) is 13.8 Å². The van der Waals surface area contributed by atoms with Crippen molar-refractivity contribution in [2.75, 3.05) is 6.26 Å². The average molecular weight is 333 g/mol. The molecule has 124 valence electrons. The number of carbonyl (C=O) groups excluding carboxylic acids is 1. The number of aryl methyl sites for hydroxylation is 3. The van der Waals surface area contributed by atoms with Gasteiger partial charge in [0.05, 0.1) is 11.7 Å². The number of rotatable bonds is 6. The summed E-state index contributed by atoms with van der Waals surface area (Å²) in [5.41, 5.74) is 3.02. The van der Waals surface area contributed by atoms with Crippen molar-refractivity contribution >= 4 is 16.7 Å². The molecule has 2 rings (SSSR count). The first-order valence-corrected chi connectivity index (χ1v) is 9.16. The molecule has 1 amide bonds. The molecule has 0 saturated carbocycles. The Hall–Kier alpha value is -1.95. The Morgan fingerprint density at radius 1 is 1.30 bits per heavy atom. The van der Waals surface area contributed by atoms with Crippen molar-refractivity contribution < 1.29 is 9.00 Å². The predicted octanol–water partition coefficient (Wildman–Crippen LogP) is 2.50. The normalized spacial score (nSPS) is 13.6. The van der Waals surface area contributed by atoms with Crippen molar-refractivity contribution in [1.29, 1.82) is 0 Å². The summed E-state index contributed by atoms with van der Waals surface area (Å²) in [6, 6.07) is 9.40. The highest BCUT2D eigenvalue weighted by Crippen LogP contribution is 2.15. The van der Waals surface area contributed by atoms with Gasteiger partial charge in [0.1, 0.15) is 0 Å². The van der Waals surface area contributed by atoms with E-state index < -0.39 is 10.8 Å². The molecular formula is C17H23N3O2S. The third-order valence-corrected chi connectivity index (χ3v) is 4.68. The van der Waals surface area contributed by atoms with Crippen LogP contribution in [0.3, 0.4) is 0 Å². The van der Waals surface area contributed by atoms with Crippen LogP contribution in [-0.4, -0.2) is 26.2 Å². The standard InChI is InChI=1S/C17H23N3O2S/c1-12-11-13(2)20(19-12)10-9-17(21)18-14(3)15-5-7-16(8-6-15)23(4)22/h5-8,11,14H,9-10H2,1-4H3,(H,18,21)/t14-,23+/m0/s1. The molecule has 1 aromatic heterocycles. The summed E-state index contributed by atoms with van der Waals surface area (Å²) in [5, 5.41) is 7.34. The van der Waals surface area contributed by atoms with E-state index in [1.807, 2.05) is 55.8 Å². The maximum absolute atomic E-state index is 12.1. The van der Waals surface area contributed by atoms with Crippen molar-refractivity contribution in [2.45, 2.75) is 44.7 Å². The highest BCUT2D eigenvalue weighted by atomic mass is 32.2. The Morgan fingerprint density at radius 3 is 2.48 bits per heavy atom.